The molecular weight excluding hydrogens is 362 g/mol. The average molecular weight is 382 g/mol. The van der Waals surface area contributed by atoms with E-state index in [4.69, 9.17) is 11.6 Å². The maximum absolute atomic E-state index is 6.04. The van der Waals surface area contributed by atoms with Gasteiger partial charge in [-0.1, -0.05) is 11.6 Å². The molecule has 0 saturated carbocycles. The van der Waals surface area contributed by atoms with Crippen LogP contribution in [0.1, 0.15) is 18.5 Å². The highest BCUT2D eigenvalue weighted by Crippen LogP contribution is 2.24. The van der Waals surface area contributed by atoms with Gasteiger partial charge >= 0.3 is 0 Å². The number of halogens is 1. The highest BCUT2D eigenvalue weighted by molar-refractivity contribution is 6.31. The smallest absolute Gasteiger partial charge is 0.254 e. The number of nitrogens with zero attached hydrogens (tertiary/aromatic N) is 5. The maximum atomic E-state index is 6.04. The number of nitrogens with one attached hydrogen (secondary N) is 2. The molecule has 4 aromatic rings. The van der Waals surface area contributed by atoms with Crippen molar-refractivity contribution in [2.24, 2.45) is 0 Å². The molecule has 1 aromatic carbocycles. The molecule has 0 bridgehead atoms. The minimum Gasteiger partial charge on any atom is -0.384 e. The third kappa shape index (κ3) is 3.93. The normalized spacial score (nSPS) is 11.2. The molecule has 3 heterocycles. The number of aryl methyl sites for hydroxylation is 1. The Labute approximate surface area is 161 Å². The summed E-state index contributed by atoms with van der Waals surface area (Å²) in [6.45, 7) is 3.69. The molecule has 0 aliphatic carbocycles. The molecule has 8 heteroatoms. The largest absolute Gasteiger partial charge is 0.384 e. The molecule has 27 heavy (non-hydrogen) atoms. The molecule has 0 aliphatic heterocycles. The van der Waals surface area contributed by atoms with Gasteiger partial charge in [0.2, 0.25) is 0 Å². The van der Waals surface area contributed by atoms with Crippen molar-refractivity contribution in [2.45, 2.75) is 19.8 Å². The van der Waals surface area contributed by atoms with Gasteiger partial charge in [0.25, 0.3) is 5.78 Å². The predicted octanol–water partition coefficient (Wildman–Crippen LogP) is 3.94. The minimum absolute atomic E-state index is 0.615. The summed E-state index contributed by atoms with van der Waals surface area (Å²) in [5.41, 5.74) is 2.90. The van der Waals surface area contributed by atoms with Gasteiger partial charge in [-0.25, -0.2) is 4.98 Å². The molecule has 0 saturated heterocycles. The van der Waals surface area contributed by atoms with Crippen molar-refractivity contribution in [1.82, 2.24) is 24.6 Å². The van der Waals surface area contributed by atoms with Crippen molar-refractivity contribution in [1.29, 1.82) is 0 Å². The number of benzene rings is 1. The van der Waals surface area contributed by atoms with Gasteiger partial charge in [-0.05, 0) is 44.0 Å². The Balaban J connectivity index is 1.29. The molecular formula is C19H20ClN7. The monoisotopic (exact) mass is 381 g/mol. The topological polar surface area (TPSA) is 80.0 Å². The van der Waals surface area contributed by atoms with E-state index in [1.54, 1.807) is 10.7 Å². The second kappa shape index (κ2) is 7.75. The number of pyridine rings is 1. The molecule has 7 nitrogen and oxygen atoms in total. The van der Waals surface area contributed by atoms with Gasteiger partial charge < -0.3 is 10.6 Å². The van der Waals surface area contributed by atoms with Crippen molar-refractivity contribution in [3.63, 3.8) is 0 Å². The van der Waals surface area contributed by atoms with Crippen LogP contribution in [-0.4, -0.2) is 37.7 Å². The molecule has 0 amide bonds. The number of fused-ring (bicyclic) bond motifs is 2. The fourth-order valence-electron chi connectivity index (χ4n) is 3.02. The molecule has 138 valence electrons. The van der Waals surface area contributed by atoms with Crippen LogP contribution >= 0.6 is 11.6 Å². The first-order valence-corrected chi connectivity index (χ1v) is 9.28. The number of rotatable bonds is 7. The highest BCUT2D eigenvalue weighted by atomic mass is 35.5. The van der Waals surface area contributed by atoms with Crippen LogP contribution in [0.4, 0.5) is 11.5 Å². The van der Waals surface area contributed by atoms with Crippen molar-refractivity contribution in [3.05, 3.63) is 53.6 Å². The Morgan fingerprint density at radius 1 is 1.04 bits per heavy atom. The lowest BCUT2D eigenvalue weighted by molar-refractivity contribution is 0.787. The van der Waals surface area contributed by atoms with Crippen molar-refractivity contribution >= 4 is 39.8 Å². The fraction of sp³-hybridized carbons (Fsp3) is 0.263. The van der Waals surface area contributed by atoms with Gasteiger partial charge in [0, 0.05) is 47.1 Å². The summed E-state index contributed by atoms with van der Waals surface area (Å²) >= 11 is 6.04. The first kappa shape index (κ1) is 17.5. The first-order valence-electron chi connectivity index (χ1n) is 8.90. The van der Waals surface area contributed by atoms with E-state index in [1.807, 2.05) is 37.3 Å². The van der Waals surface area contributed by atoms with Crippen molar-refractivity contribution < 1.29 is 0 Å². The van der Waals surface area contributed by atoms with E-state index in [1.165, 1.54) is 6.33 Å². The van der Waals surface area contributed by atoms with Crippen LogP contribution in [0.5, 0.6) is 0 Å². The summed E-state index contributed by atoms with van der Waals surface area (Å²) in [6, 6.07) is 9.75. The number of anilines is 2. The summed E-state index contributed by atoms with van der Waals surface area (Å²) < 4.78 is 1.72. The van der Waals surface area contributed by atoms with Gasteiger partial charge in [0.15, 0.2) is 0 Å². The van der Waals surface area contributed by atoms with E-state index in [0.717, 1.165) is 54.0 Å². The summed E-state index contributed by atoms with van der Waals surface area (Å²) in [6.07, 6.45) is 5.38. The SMILES string of the molecule is Cc1cc(NCCCCNc2ccnc3cc(Cl)ccc23)n2ncnc2n1. The van der Waals surface area contributed by atoms with Crippen LogP contribution in [0.15, 0.2) is 42.9 Å². The third-order valence-electron chi connectivity index (χ3n) is 4.31. The minimum atomic E-state index is 0.615. The zero-order valence-corrected chi connectivity index (χ0v) is 15.7. The van der Waals surface area contributed by atoms with Gasteiger partial charge in [0.1, 0.15) is 12.1 Å². The quantitative estimate of drug-likeness (QED) is 0.472. The molecule has 0 spiro atoms. The van der Waals surface area contributed by atoms with E-state index in [0.29, 0.717) is 10.8 Å². The zero-order valence-electron chi connectivity index (χ0n) is 15.0. The summed E-state index contributed by atoms with van der Waals surface area (Å²) in [7, 11) is 0. The Morgan fingerprint density at radius 2 is 1.89 bits per heavy atom. The highest BCUT2D eigenvalue weighted by Gasteiger charge is 2.05. The fourth-order valence-corrected chi connectivity index (χ4v) is 3.19. The molecule has 0 aliphatic rings. The van der Waals surface area contributed by atoms with Gasteiger partial charge in [0.05, 0.1) is 5.52 Å². The second-order valence-electron chi connectivity index (χ2n) is 6.34. The third-order valence-corrected chi connectivity index (χ3v) is 4.54. The summed E-state index contributed by atoms with van der Waals surface area (Å²) in [4.78, 5) is 12.9. The lowest BCUT2D eigenvalue weighted by Crippen LogP contribution is -2.10. The van der Waals surface area contributed by atoms with E-state index in [9.17, 15) is 0 Å². The van der Waals surface area contributed by atoms with Crippen LogP contribution in [0.2, 0.25) is 5.02 Å². The average Bonchev–Trinajstić information content (AvgIpc) is 3.12. The predicted molar refractivity (Wildman–Crippen MR) is 108 cm³/mol. The Hall–Kier alpha value is -2.93. The van der Waals surface area contributed by atoms with E-state index in [2.05, 4.69) is 30.7 Å². The van der Waals surface area contributed by atoms with E-state index in [-0.39, 0.29) is 0 Å². The summed E-state index contributed by atoms with van der Waals surface area (Å²) in [5, 5.41) is 12.9. The molecule has 0 atom stereocenters. The zero-order chi connectivity index (χ0) is 18.6. The Bertz CT molecular complexity index is 1080. The summed E-state index contributed by atoms with van der Waals surface area (Å²) in [5.74, 6) is 1.53. The van der Waals surface area contributed by atoms with Crippen LogP contribution in [-0.2, 0) is 0 Å². The number of aromatic nitrogens is 5. The van der Waals surface area contributed by atoms with Gasteiger partial charge in [-0.2, -0.15) is 14.6 Å². The van der Waals surface area contributed by atoms with Crippen LogP contribution in [0.3, 0.4) is 0 Å². The number of unbranched alkanes of at least 4 members (excludes halogenated alkanes) is 1. The Morgan fingerprint density at radius 3 is 2.78 bits per heavy atom. The second-order valence-corrected chi connectivity index (χ2v) is 6.77. The van der Waals surface area contributed by atoms with E-state index < -0.39 is 0 Å². The molecule has 2 N–H and O–H groups in total. The van der Waals surface area contributed by atoms with Gasteiger partial charge in [-0.15, -0.1) is 0 Å². The standard InChI is InChI=1S/C19H20ClN7/c1-13-10-18(27-19(26-13)24-12-25-27)23-8-3-2-7-21-16-6-9-22-17-11-14(20)4-5-15(16)17/h4-6,9-12,23H,2-3,7-8H2,1H3,(H,21,22). The lowest BCUT2D eigenvalue weighted by atomic mass is 10.2. The molecule has 0 radical (unpaired) electrons. The van der Waals surface area contributed by atoms with Crippen molar-refractivity contribution in [2.75, 3.05) is 23.7 Å². The van der Waals surface area contributed by atoms with Crippen LogP contribution in [0.25, 0.3) is 16.7 Å². The van der Waals surface area contributed by atoms with Crippen molar-refractivity contribution in [3.8, 4) is 0 Å². The number of hydrogen-bond donors (Lipinski definition) is 2. The molecule has 0 unspecified atom stereocenters. The maximum Gasteiger partial charge on any atom is 0.254 e. The van der Waals surface area contributed by atoms with E-state index >= 15 is 0 Å². The molecule has 3 aromatic heterocycles. The molecule has 0 fully saturated rings. The first-order chi connectivity index (χ1) is 13.2. The van der Waals surface area contributed by atoms with Crippen LogP contribution in [0, 0.1) is 6.92 Å². The van der Waals surface area contributed by atoms with Crippen LogP contribution < -0.4 is 10.6 Å². The van der Waals surface area contributed by atoms with Gasteiger partial charge in [-0.3, -0.25) is 4.98 Å². The lowest BCUT2D eigenvalue weighted by Gasteiger charge is -2.11. The Kier molecular flexibility index (Phi) is 5.02. The number of hydrogen-bond acceptors (Lipinski definition) is 6. The molecule has 4 rings (SSSR count).